The Bertz CT molecular complexity index is 521. The van der Waals surface area contributed by atoms with E-state index >= 15 is 0 Å². The second-order valence-electron chi connectivity index (χ2n) is 5.69. The predicted octanol–water partition coefficient (Wildman–Crippen LogP) is 1.43. The van der Waals surface area contributed by atoms with Crippen LogP contribution in [0.25, 0.3) is 0 Å². The number of carbonyl (C=O) groups is 2. The molecule has 6 nitrogen and oxygen atoms in total. The van der Waals surface area contributed by atoms with Crippen LogP contribution in [-0.2, 0) is 9.53 Å². The summed E-state index contributed by atoms with van der Waals surface area (Å²) in [6.07, 6.45) is 0.574. The number of nitrogens with one attached hydrogen (secondary N) is 1. The number of aromatic nitrogens is 1. The highest BCUT2D eigenvalue weighted by Gasteiger charge is 2.23. The van der Waals surface area contributed by atoms with Crippen molar-refractivity contribution in [1.29, 1.82) is 0 Å². The quantitative estimate of drug-likeness (QED) is 0.816. The van der Waals surface area contributed by atoms with E-state index in [2.05, 4.69) is 10.3 Å². The second kappa shape index (κ2) is 5.90. The van der Waals surface area contributed by atoms with Gasteiger partial charge in [0.1, 0.15) is 0 Å². The minimum Gasteiger partial charge on any atom is -0.449 e. The number of rotatable bonds is 3. The average molecular weight is 279 g/mol. The number of esters is 1. The second-order valence-corrected chi connectivity index (χ2v) is 5.69. The first-order valence-electron chi connectivity index (χ1n) is 6.35. The fourth-order valence-corrected chi connectivity index (χ4v) is 1.50. The molecule has 0 aromatic carbocycles. The number of nitrogens with two attached hydrogens (primary N) is 1. The minimum atomic E-state index is -0.887. The van der Waals surface area contributed by atoms with Gasteiger partial charge in [-0.2, -0.15) is 0 Å². The summed E-state index contributed by atoms with van der Waals surface area (Å²) in [4.78, 5) is 27.8. The zero-order valence-corrected chi connectivity index (χ0v) is 12.5. The number of aryl methyl sites for hydroxylation is 1. The summed E-state index contributed by atoms with van der Waals surface area (Å²) in [6.45, 7) is 8.76. The Labute approximate surface area is 118 Å². The van der Waals surface area contributed by atoms with Gasteiger partial charge >= 0.3 is 5.97 Å². The molecule has 0 bridgehead atoms. The van der Waals surface area contributed by atoms with Crippen LogP contribution in [-0.4, -0.2) is 28.5 Å². The summed E-state index contributed by atoms with van der Waals surface area (Å²) in [5.74, 6) is -0.959. The molecule has 0 saturated carbocycles. The molecule has 110 valence electrons. The van der Waals surface area contributed by atoms with Crippen molar-refractivity contribution in [3.05, 3.63) is 23.5 Å². The smallest absolute Gasteiger partial charge is 0.340 e. The molecule has 0 fully saturated rings. The van der Waals surface area contributed by atoms with E-state index in [-0.39, 0.29) is 17.0 Å². The molecule has 1 aromatic heterocycles. The molecule has 0 aliphatic heterocycles. The summed E-state index contributed by atoms with van der Waals surface area (Å²) in [5, 5.41) is 2.75. The van der Waals surface area contributed by atoms with E-state index in [1.165, 1.54) is 19.2 Å². The van der Waals surface area contributed by atoms with E-state index in [0.29, 0.717) is 11.4 Å². The lowest BCUT2D eigenvalue weighted by molar-refractivity contribution is -0.130. The number of hydrogen-bond donors (Lipinski definition) is 2. The molecule has 6 heteroatoms. The molecule has 0 spiro atoms. The van der Waals surface area contributed by atoms with Crippen molar-refractivity contribution in [2.24, 2.45) is 0 Å². The molecular weight excluding hydrogens is 258 g/mol. The number of amides is 1. The zero-order valence-electron chi connectivity index (χ0n) is 12.5. The van der Waals surface area contributed by atoms with Crippen LogP contribution in [0, 0.1) is 6.92 Å². The standard InChI is InChI=1S/C14H21N3O3/c1-8-11(6-10(15)7-16-8)13(19)20-9(2)12(18)17-14(3,4)5/h6-7,9H,15H2,1-5H3,(H,17,18). The topological polar surface area (TPSA) is 94.3 Å². The lowest BCUT2D eigenvalue weighted by Crippen LogP contribution is -2.46. The van der Waals surface area contributed by atoms with Crippen molar-refractivity contribution in [3.63, 3.8) is 0 Å². The maximum atomic E-state index is 12.0. The highest BCUT2D eigenvalue weighted by Crippen LogP contribution is 2.12. The Kier molecular flexibility index (Phi) is 4.70. The van der Waals surface area contributed by atoms with E-state index in [1.807, 2.05) is 20.8 Å². The van der Waals surface area contributed by atoms with Gasteiger partial charge in [0, 0.05) is 5.54 Å². The Hall–Kier alpha value is -2.11. The van der Waals surface area contributed by atoms with Crippen molar-refractivity contribution in [3.8, 4) is 0 Å². The van der Waals surface area contributed by atoms with Crippen LogP contribution in [0.1, 0.15) is 43.7 Å². The van der Waals surface area contributed by atoms with Crippen LogP contribution in [0.5, 0.6) is 0 Å². The summed E-state index contributed by atoms with van der Waals surface area (Å²) in [7, 11) is 0. The molecule has 20 heavy (non-hydrogen) atoms. The van der Waals surface area contributed by atoms with Gasteiger partial charge in [-0.3, -0.25) is 9.78 Å². The van der Waals surface area contributed by atoms with Gasteiger partial charge in [-0.25, -0.2) is 4.79 Å². The number of hydrogen-bond acceptors (Lipinski definition) is 5. The van der Waals surface area contributed by atoms with E-state index in [0.717, 1.165) is 0 Å². The molecule has 1 amide bonds. The zero-order chi connectivity index (χ0) is 15.5. The van der Waals surface area contributed by atoms with Gasteiger partial charge in [-0.05, 0) is 40.7 Å². The lowest BCUT2D eigenvalue weighted by Gasteiger charge is -2.23. The Morgan fingerprint density at radius 3 is 2.55 bits per heavy atom. The first-order valence-corrected chi connectivity index (χ1v) is 6.35. The van der Waals surface area contributed by atoms with Gasteiger partial charge in [0.25, 0.3) is 5.91 Å². The van der Waals surface area contributed by atoms with Crippen molar-refractivity contribution in [2.45, 2.75) is 46.3 Å². The molecule has 0 aliphatic rings. The molecule has 1 heterocycles. The van der Waals surface area contributed by atoms with Crippen LogP contribution in [0.15, 0.2) is 12.3 Å². The van der Waals surface area contributed by atoms with E-state index < -0.39 is 12.1 Å². The number of anilines is 1. The number of nitrogens with zero attached hydrogens (tertiary/aromatic N) is 1. The van der Waals surface area contributed by atoms with Crippen LogP contribution in [0.4, 0.5) is 5.69 Å². The number of pyridine rings is 1. The highest BCUT2D eigenvalue weighted by molar-refractivity contribution is 5.93. The van der Waals surface area contributed by atoms with E-state index in [1.54, 1.807) is 6.92 Å². The lowest BCUT2D eigenvalue weighted by atomic mass is 10.1. The van der Waals surface area contributed by atoms with Gasteiger partial charge in [-0.1, -0.05) is 0 Å². The van der Waals surface area contributed by atoms with Crippen molar-refractivity contribution in [2.75, 3.05) is 5.73 Å². The average Bonchev–Trinajstić information content (AvgIpc) is 2.29. The third kappa shape index (κ3) is 4.53. The molecule has 0 aliphatic carbocycles. The third-order valence-electron chi connectivity index (χ3n) is 2.48. The molecule has 3 N–H and O–H groups in total. The number of nitrogen functional groups attached to an aromatic ring is 1. The molecular formula is C14H21N3O3. The van der Waals surface area contributed by atoms with Gasteiger partial charge in [0.2, 0.25) is 0 Å². The SMILES string of the molecule is Cc1ncc(N)cc1C(=O)OC(C)C(=O)NC(C)(C)C. The van der Waals surface area contributed by atoms with Crippen LogP contribution in [0.2, 0.25) is 0 Å². The van der Waals surface area contributed by atoms with Crippen LogP contribution >= 0.6 is 0 Å². The first kappa shape index (κ1) is 15.9. The van der Waals surface area contributed by atoms with E-state index in [9.17, 15) is 9.59 Å². The summed E-state index contributed by atoms with van der Waals surface area (Å²) < 4.78 is 5.13. The molecule has 1 rings (SSSR count). The Morgan fingerprint density at radius 2 is 2.00 bits per heavy atom. The Balaban J connectivity index is 2.75. The predicted molar refractivity (Wildman–Crippen MR) is 76.2 cm³/mol. The Morgan fingerprint density at radius 1 is 1.40 bits per heavy atom. The monoisotopic (exact) mass is 279 g/mol. The normalized spacial score (nSPS) is 12.7. The fraction of sp³-hybridized carbons (Fsp3) is 0.500. The molecule has 1 atom stereocenters. The van der Waals surface area contributed by atoms with Crippen LogP contribution < -0.4 is 11.1 Å². The molecule has 0 radical (unpaired) electrons. The minimum absolute atomic E-state index is 0.264. The van der Waals surface area contributed by atoms with Gasteiger partial charge < -0.3 is 15.8 Å². The van der Waals surface area contributed by atoms with Crippen LogP contribution in [0.3, 0.4) is 0 Å². The van der Waals surface area contributed by atoms with Crippen molar-refractivity contribution >= 4 is 17.6 Å². The first-order chi connectivity index (χ1) is 9.10. The molecule has 1 aromatic rings. The summed E-state index contributed by atoms with van der Waals surface area (Å²) in [5.41, 5.74) is 6.35. The highest BCUT2D eigenvalue weighted by atomic mass is 16.5. The van der Waals surface area contributed by atoms with Gasteiger partial charge in [-0.15, -0.1) is 0 Å². The van der Waals surface area contributed by atoms with Crippen molar-refractivity contribution < 1.29 is 14.3 Å². The summed E-state index contributed by atoms with van der Waals surface area (Å²) >= 11 is 0. The van der Waals surface area contributed by atoms with Crippen molar-refractivity contribution in [1.82, 2.24) is 10.3 Å². The molecule has 1 unspecified atom stereocenters. The number of ether oxygens (including phenoxy) is 1. The maximum absolute atomic E-state index is 12.0. The largest absolute Gasteiger partial charge is 0.449 e. The number of carbonyl (C=O) groups excluding carboxylic acids is 2. The summed E-state index contributed by atoms with van der Waals surface area (Å²) in [6, 6.07) is 1.49. The molecule has 0 saturated heterocycles. The van der Waals surface area contributed by atoms with Gasteiger partial charge in [0.05, 0.1) is 23.1 Å². The van der Waals surface area contributed by atoms with E-state index in [4.69, 9.17) is 10.5 Å². The fourth-order valence-electron chi connectivity index (χ4n) is 1.50. The maximum Gasteiger partial charge on any atom is 0.340 e. The van der Waals surface area contributed by atoms with Gasteiger partial charge in [0.15, 0.2) is 6.10 Å². The third-order valence-corrected chi connectivity index (χ3v) is 2.48.